The first kappa shape index (κ1) is 24.6. The van der Waals surface area contributed by atoms with Gasteiger partial charge >= 0.3 is 12.3 Å². The summed E-state index contributed by atoms with van der Waals surface area (Å²) >= 11 is 0. The van der Waals surface area contributed by atoms with Gasteiger partial charge in [-0.3, -0.25) is 0 Å². The van der Waals surface area contributed by atoms with Crippen LogP contribution in [-0.2, 0) is 22.9 Å². The first-order chi connectivity index (χ1) is 16.5. The minimum absolute atomic E-state index is 0.0614. The molecule has 4 rings (SSSR count). The number of anilines is 1. The number of halogens is 3. The predicted octanol–water partition coefficient (Wildman–Crippen LogP) is 4.51. The van der Waals surface area contributed by atoms with E-state index in [9.17, 15) is 18.0 Å². The smallest absolute Gasteiger partial charge is 0.433 e. The zero-order valence-corrected chi connectivity index (χ0v) is 20.1. The molecule has 1 aliphatic rings. The number of para-hydroxylation sites is 1. The number of hydrogen-bond donors (Lipinski definition) is 0. The van der Waals surface area contributed by atoms with E-state index in [1.54, 1.807) is 29.0 Å². The number of aromatic nitrogens is 3. The van der Waals surface area contributed by atoms with Crippen molar-refractivity contribution in [2.45, 2.75) is 39.0 Å². The number of rotatable bonds is 4. The number of nitrogens with zero attached hydrogens (tertiary/aromatic N) is 5. The molecule has 1 fully saturated rings. The highest BCUT2D eigenvalue weighted by Crippen LogP contribution is 2.33. The lowest BCUT2D eigenvalue weighted by atomic mass is 9.93. The van der Waals surface area contributed by atoms with E-state index in [-0.39, 0.29) is 17.7 Å². The van der Waals surface area contributed by atoms with E-state index in [0.717, 1.165) is 11.6 Å². The Balaban J connectivity index is 1.50. The maximum absolute atomic E-state index is 13.6. The molecule has 0 bridgehead atoms. The van der Waals surface area contributed by atoms with Crippen molar-refractivity contribution in [1.29, 1.82) is 0 Å². The summed E-state index contributed by atoms with van der Waals surface area (Å²) in [5, 5.41) is 4.54. The first-order valence-corrected chi connectivity index (χ1v) is 11.2. The van der Waals surface area contributed by atoms with Gasteiger partial charge < -0.3 is 19.3 Å². The van der Waals surface area contributed by atoms with Gasteiger partial charge in [-0.1, -0.05) is 39.0 Å². The summed E-state index contributed by atoms with van der Waals surface area (Å²) in [4.78, 5) is 19.7. The van der Waals surface area contributed by atoms with Gasteiger partial charge in [0.05, 0.1) is 12.8 Å². The van der Waals surface area contributed by atoms with Crippen molar-refractivity contribution < 1.29 is 27.4 Å². The van der Waals surface area contributed by atoms with Gasteiger partial charge in [-0.15, -0.1) is 0 Å². The number of fused-ring (bicyclic) bond motifs is 1. The third-order valence-corrected chi connectivity index (χ3v) is 5.87. The number of methoxy groups -OCH3 is 1. The third-order valence-electron chi connectivity index (χ3n) is 5.87. The van der Waals surface area contributed by atoms with Gasteiger partial charge in [0.1, 0.15) is 18.2 Å². The summed E-state index contributed by atoms with van der Waals surface area (Å²) < 4.78 is 52.8. The number of alkyl halides is 3. The van der Waals surface area contributed by atoms with Gasteiger partial charge in [0.25, 0.3) is 0 Å². The molecule has 0 saturated carbocycles. The van der Waals surface area contributed by atoms with E-state index in [1.165, 1.54) is 4.52 Å². The van der Waals surface area contributed by atoms with Crippen LogP contribution in [0.25, 0.3) is 5.65 Å². The largest absolute Gasteiger partial charge is 0.496 e. The predicted molar refractivity (Wildman–Crippen MR) is 124 cm³/mol. The summed E-state index contributed by atoms with van der Waals surface area (Å²) in [6, 6.07) is 9.86. The molecule has 1 aromatic carbocycles. The second-order valence-corrected chi connectivity index (χ2v) is 9.39. The SMILES string of the molecule is COc1ccccc1COC(=O)N1CCN(c2cc(C(F)(F)F)nc3cc(C(C)(C)C)nn23)CC1. The number of hydrogen-bond acceptors (Lipinski definition) is 6. The summed E-state index contributed by atoms with van der Waals surface area (Å²) in [5.74, 6) is 0.918. The molecule has 188 valence electrons. The van der Waals surface area contributed by atoms with Crippen LogP contribution < -0.4 is 9.64 Å². The summed E-state index contributed by atoms with van der Waals surface area (Å²) in [7, 11) is 1.55. The summed E-state index contributed by atoms with van der Waals surface area (Å²) in [6.45, 7) is 7.12. The Morgan fingerprint density at radius 2 is 1.71 bits per heavy atom. The lowest BCUT2D eigenvalue weighted by molar-refractivity contribution is -0.141. The molecule has 3 heterocycles. The van der Waals surface area contributed by atoms with E-state index in [4.69, 9.17) is 9.47 Å². The molecule has 1 amide bonds. The second kappa shape index (κ2) is 9.27. The molecule has 1 saturated heterocycles. The van der Waals surface area contributed by atoms with Crippen molar-refractivity contribution in [2.24, 2.45) is 0 Å². The monoisotopic (exact) mass is 491 g/mol. The van der Waals surface area contributed by atoms with Crippen LogP contribution in [0.5, 0.6) is 5.75 Å². The van der Waals surface area contributed by atoms with Crippen LogP contribution in [-0.4, -0.2) is 58.9 Å². The normalized spacial score (nSPS) is 14.9. The fourth-order valence-corrected chi connectivity index (χ4v) is 3.87. The van der Waals surface area contributed by atoms with Crippen LogP contribution in [0.2, 0.25) is 0 Å². The van der Waals surface area contributed by atoms with E-state index in [2.05, 4.69) is 10.1 Å². The second-order valence-electron chi connectivity index (χ2n) is 9.39. The van der Waals surface area contributed by atoms with Crippen molar-refractivity contribution >= 4 is 17.6 Å². The summed E-state index contributed by atoms with van der Waals surface area (Å²) in [6.07, 6.45) is -5.08. The number of amides is 1. The third kappa shape index (κ3) is 5.28. The number of ether oxygens (including phenoxy) is 2. The van der Waals surface area contributed by atoms with Crippen molar-refractivity contribution in [2.75, 3.05) is 38.2 Å². The molecule has 11 heteroatoms. The van der Waals surface area contributed by atoms with Crippen LogP contribution in [0.4, 0.5) is 23.8 Å². The highest BCUT2D eigenvalue weighted by atomic mass is 19.4. The van der Waals surface area contributed by atoms with Gasteiger partial charge in [-0.25, -0.2) is 9.78 Å². The van der Waals surface area contributed by atoms with Crippen molar-refractivity contribution in [1.82, 2.24) is 19.5 Å². The molecule has 35 heavy (non-hydrogen) atoms. The Hall–Kier alpha value is -3.50. The van der Waals surface area contributed by atoms with Crippen LogP contribution in [0.1, 0.15) is 37.7 Å². The summed E-state index contributed by atoms with van der Waals surface area (Å²) in [5.41, 5.74) is 0.198. The number of carbonyl (C=O) groups excluding carboxylic acids is 1. The maximum atomic E-state index is 13.6. The number of piperazine rings is 1. The van der Waals surface area contributed by atoms with Crippen molar-refractivity contribution in [3.8, 4) is 5.75 Å². The quantitative estimate of drug-likeness (QED) is 0.535. The molecule has 0 aliphatic carbocycles. The van der Waals surface area contributed by atoms with Crippen LogP contribution in [0.3, 0.4) is 0 Å². The highest BCUT2D eigenvalue weighted by Gasteiger charge is 2.35. The highest BCUT2D eigenvalue weighted by molar-refractivity contribution is 5.68. The Kier molecular flexibility index (Phi) is 6.52. The fraction of sp³-hybridized carbons (Fsp3) is 0.458. The van der Waals surface area contributed by atoms with Gasteiger partial charge in [0, 0.05) is 49.3 Å². The van der Waals surface area contributed by atoms with Gasteiger partial charge in [-0.05, 0) is 6.07 Å². The molecule has 1 aliphatic heterocycles. The van der Waals surface area contributed by atoms with Gasteiger partial charge in [0.2, 0.25) is 0 Å². The molecule has 0 atom stereocenters. The molecular formula is C24H28F3N5O3. The molecule has 3 aromatic rings. The Labute approximate surface area is 201 Å². The Bertz CT molecular complexity index is 1210. The molecule has 0 spiro atoms. The Morgan fingerprint density at radius 1 is 1.03 bits per heavy atom. The average Bonchev–Trinajstić information content (AvgIpc) is 3.27. The minimum Gasteiger partial charge on any atom is -0.496 e. The standard InChI is InChI=1S/C24H28F3N5O3/c1-23(2,3)18-13-20-28-19(24(25,26)27)14-21(32(20)29-18)30-9-11-31(12-10-30)22(33)35-15-16-7-5-6-8-17(16)34-4/h5-8,13-14H,9-12,15H2,1-4H3. The minimum atomic E-state index is -4.59. The van der Waals surface area contributed by atoms with Gasteiger partial charge in [0.15, 0.2) is 11.3 Å². The van der Waals surface area contributed by atoms with Crippen LogP contribution >= 0.6 is 0 Å². The zero-order valence-electron chi connectivity index (χ0n) is 20.1. The van der Waals surface area contributed by atoms with E-state index in [0.29, 0.717) is 43.4 Å². The average molecular weight is 492 g/mol. The first-order valence-electron chi connectivity index (χ1n) is 11.2. The Morgan fingerprint density at radius 3 is 2.34 bits per heavy atom. The van der Waals surface area contributed by atoms with E-state index >= 15 is 0 Å². The van der Waals surface area contributed by atoms with Crippen molar-refractivity contribution in [3.05, 3.63) is 53.3 Å². The molecule has 2 aromatic heterocycles. The fourth-order valence-electron chi connectivity index (χ4n) is 3.87. The van der Waals surface area contributed by atoms with Gasteiger partial charge in [-0.2, -0.15) is 22.8 Å². The topological polar surface area (TPSA) is 72.2 Å². The molecule has 0 unspecified atom stereocenters. The molecule has 8 nitrogen and oxygen atoms in total. The zero-order chi connectivity index (χ0) is 25.4. The lowest BCUT2D eigenvalue weighted by Gasteiger charge is -2.35. The number of carbonyl (C=O) groups is 1. The van der Waals surface area contributed by atoms with Crippen LogP contribution in [0.15, 0.2) is 36.4 Å². The number of benzene rings is 1. The van der Waals surface area contributed by atoms with Crippen molar-refractivity contribution in [3.63, 3.8) is 0 Å². The molecular weight excluding hydrogens is 463 g/mol. The van der Waals surface area contributed by atoms with Crippen LogP contribution in [0, 0.1) is 0 Å². The lowest BCUT2D eigenvalue weighted by Crippen LogP contribution is -2.49. The van der Waals surface area contributed by atoms with E-state index < -0.39 is 18.0 Å². The van der Waals surface area contributed by atoms with E-state index in [1.807, 2.05) is 39.0 Å². The maximum Gasteiger partial charge on any atom is 0.433 e. The molecule has 0 N–H and O–H groups in total. The molecule has 0 radical (unpaired) electrons.